The molecule has 0 nitrogen and oxygen atoms in total. The van der Waals surface area contributed by atoms with Crippen molar-refractivity contribution >= 4 is 72.0 Å². The monoisotopic (exact) mass is 110 g/mol. The van der Waals surface area contributed by atoms with Crippen molar-refractivity contribution < 1.29 is 0 Å². The Labute approximate surface area is 72.4 Å². The van der Waals surface area contributed by atoms with Crippen LogP contribution < -0.4 is 0 Å². The van der Waals surface area contributed by atoms with E-state index >= 15 is 0 Å². The van der Waals surface area contributed by atoms with Gasteiger partial charge in [0.25, 0.3) is 0 Å². The SMILES string of the molecule is [B]B([B])B([B])B([B])B([B])[B]. The summed E-state index contributed by atoms with van der Waals surface area (Å²) in [5.74, 6) is 0. The molecule has 0 aliphatic heterocycles. The van der Waals surface area contributed by atoms with Crippen LogP contribution in [0.15, 0.2) is 0 Å². The van der Waals surface area contributed by atoms with E-state index in [-0.39, 0.29) is 0 Å². The van der Waals surface area contributed by atoms with Crippen molar-refractivity contribution in [3.63, 3.8) is 0 Å². The molecule has 30 valence electrons. The fourth-order valence-corrected chi connectivity index (χ4v) is 0.513. The Hall–Kier alpha value is 0.649. The molecular formula is B10. The Morgan fingerprint density at radius 1 is 0.500 bits per heavy atom. The molecule has 0 heterocycles. The maximum Gasteiger partial charge on any atom is 0 e. The average molecular weight is 108 g/mol. The molecule has 12 radical (unpaired) electrons. The number of hydrogen-bond donors (Lipinski definition) is 0. The van der Waals surface area contributed by atoms with Gasteiger partial charge in [0.1, 0.15) is 0 Å². The van der Waals surface area contributed by atoms with Gasteiger partial charge in [-0.1, -0.05) is 0 Å². The Morgan fingerprint density at radius 2 is 0.700 bits per heavy atom. The van der Waals surface area contributed by atoms with Crippen LogP contribution in [0.3, 0.4) is 0 Å². The highest BCUT2D eigenvalue weighted by molar-refractivity contribution is 7.97. The van der Waals surface area contributed by atoms with Gasteiger partial charge in [0.15, 0.2) is 0 Å². The summed E-state index contributed by atoms with van der Waals surface area (Å²) < 4.78 is 0. The molecule has 0 spiro atoms. The highest BCUT2D eigenvalue weighted by Crippen LogP contribution is 1.84. The van der Waals surface area contributed by atoms with E-state index in [1.165, 1.54) is 0 Å². The van der Waals surface area contributed by atoms with Crippen molar-refractivity contribution in [1.29, 1.82) is 0 Å². The molecule has 0 saturated carbocycles. The van der Waals surface area contributed by atoms with Crippen LogP contribution in [0.4, 0.5) is 0 Å². The predicted octanol–water partition coefficient (Wildman–Crippen LogP) is -3.81. The van der Waals surface area contributed by atoms with E-state index in [2.05, 4.69) is 0 Å². The van der Waals surface area contributed by atoms with E-state index in [9.17, 15) is 0 Å². The van der Waals surface area contributed by atoms with Gasteiger partial charge >= 0.3 is 0 Å². The van der Waals surface area contributed by atoms with Crippen LogP contribution in [0.2, 0.25) is 0 Å². The molecule has 0 fully saturated rings. The second-order valence-corrected chi connectivity index (χ2v) is 2.31. The third-order valence-corrected chi connectivity index (χ3v) is 1.33. The van der Waals surface area contributed by atoms with Gasteiger partial charge < -0.3 is 0 Å². The van der Waals surface area contributed by atoms with Gasteiger partial charge in [0.2, 0.25) is 0 Å². The molecule has 0 rings (SSSR count). The van der Waals surface area contributed by atoms with Crippen LogP contribution in [-0.4, -0.2) is 72.0 Å². The lowest BCUT2D eigenvalue weighted by molar-refractivity contribution is 3.54. The third-order valence-electron chi connectivity index (χ3n) is 1.33. The first-order chi connectivity index (χ1) is 4.46. The summed E-state index contributed by atoms with van der Waals surface area (Å²) in [6, 6.07) is 0. The van der Waals surface area contributed by atoms with Gasteiger partial charge in [-0.05, 0) is 0 Å². The molecule has 0 saturated heterocycles. The minimum Gasteiger partial charge on any atom is 0 e. The summed E-state index contributed by atoms with van der Waals surface area (Å²) in [4.78, 5) is 0. The summed E-state index contributed by atoms with van der Waals surface area (Å²) in [5.41, 5.74) is 0. The van der Waals surface area contributed by atoms with E-state index in [0.29, 0.717) is 0 Å². The van der Waals surface area contributed by atoms with Crippen molar-refractivity contribution in [3.05, 3.63) is 0 Å². The van der Waals surface area contributed by atoms with Crippen LogP contribution in [0.25, 0.3) is 0 Å². The van der Waals surface area contributed by atoms with Crippen molar-refractivity contribution in [2.24, 2.45) is 0 Å². The molecule has 0 unspecified atom stereocenters. The van der Waals surface area contributed by atoms with E-state index in [0.717, 1.165) is 0 Å². The topological polar surface area (TPSA) is 0 Å². The van der Waals surface area contributed by atoms with E-state index in [1.807, 2.05) is 0 Å². The summed E-state index contributed by atoms with van der Waals surface area (Å²) in [6.45, 7) is 0. The fourth-order valence-electron chi connectivity index (χ4n) is 0.513. The third kappa shape index (κ3) is 3.16. The molecule has 0 aromatic rings. The number of hydrogen-bond acceptors (Lipinski definition) is 0. The van der Waals surface area contributed by atoms with Crippen LogP contribution in [0, 0.1) is 0 Å². The summed E-state index contributed by atoms with van der Waals surface area (Å²) in [6.07, 6.45) is -2.46. The summed E-state index contributed by atoms with van der Waals surface area (Å²) >= 11 is 0. The van der Waals surface area contributed by atoms with E-state index in [4.69, 9.17) is 46.4 Å². The molecule has 0 aromatic carbocycles. The lowest BCUT2D eigenvalue weighted by Crippen LogP contribution is -2.59. The van der Waals surface area contributed by atoms with Gasteiger partial charge in [0.05, 0.1) is 0 Å². The van der Waals surface area contributed by atoms with Crippen molar-refractivity contribution in [1.82, 2.24) is 0 Å². The molecular weight excluding hydrogens is 108 g/mol. The lowest BCUT2D eigenvalue weighted by Gasteiger charge is -2.21. The minimum atomic E-state index is -0.676. The maximum atomic E-state index is 5.43. The zero-order valence-corrected chi connectivity index (χ0v) is 5.77. The van der Waals surface area contributed by atoms with Crippen LogP contribution in [0.1, 0.15) is 0 Å². The maximum absolute atomic E-state index is 5.43. The second kappa shape index (κ2) is 4.51. The Balaban J connectivity index is 3.81. The van der Waals surface area contributed by atoms with E-state index < -0.39 is 25.5 Å². The normalized spacial score (nSPS) is 8.40. The largest absolute Gasteiger partial charge is 0 e. The highest BCUT2D eigenvalue weighted by atomic mass is 13.0. The highest BCUT2D eigenvalue weighted by Gasteiger charge is 2.22. The molecule has 0 aliphatic rings. The molecule has 0 N–H and O–H groups in total. The molecule has 0 aromatic heterocycles. The van der Waals surface area contributed by atoms with Gasteiger partial charge in [-0.2, -0.15) is 0 Å². The molecule has 0 aliphatic carbocycles. The van der Waals surface area contributed by atoms with Gasteiger partial charge in [0, 0.05) is 72.0 Å². The number of rotatable bonds is 3. The molecule has 10 heavy (non-hydrogen) atoms. The predicted molar refractivity (Wildman–Crippen MR) is 57.5 cm³/mol. The quantitative estimate of drug-likeness (QED) is 0.325. The Kier molecular flexibility index (Phi) is 4.80. The minimum absolute atomic E-state index is 0.556. The molecule has 0 bridgehead atoms. The molecule has 0 amide bonds. The first kappa shape index (κ1) is 10.6. The zero-order valence-electron chi connectivity index (χ0n) is 5.77. The first-order valence-corrected chi connectivity index (χ1v) is 3.00. The Bertz CT molecular complexity index is 70.0. The summed E-state index contributed by atoms with van der Waals surface area (Å²) in [5, 5.41) is 0. The van der Waals surface area contributed by atoms with Gasteiger partial charge in [-0.15, -0.1) is 0 Å². The molecule has 0 atom stereocenters. The zero-order chi connectivity index (χ0) is 8.31. The van der Waals surface area contributed by atoms with Crippen molar-refractivity contribution in [2.75, 3.05) is 0 Å². The average Bonchev–Trinajstić information content (AvgIpc) is 1.84. The first-order valence-electron chi connectivity index (χ1n) is 3.00. The van der Waals surface area contributed by atoms with Gasteiger partial charge in [-0.25, -0.2) is 0 Å². The van der Waals surface area contributed by atoms with Crippen LogP contribution in [-0.2, 0) is 0 Å². The lowest BCUT2D eigenvalue weighted by atomic mass is 8.60. The van der Waals surface area contributed by atoms with E-state index in [1.54, 1.807) is 0 Å². The standard InChI is InChI=1S/B10/c1-7(2)9(5)10(6)8(3)4. The van der Waals surface area contributed by atoms with Crippen LogP contribution in [0.5, 0.6) is 0 Å². The van der Waals surface area contributed by atoms with Crippen molar-refractivity contribution in [2.45, 2.75) is 0 Å². The molecule has 10 heteroatoms. The van der Waals surface area contributed by atoms with Crippen molar-refractivity contribution in [3.8, 4) is 0 Å². The fraction of sp³-hybridized carbons (Fsp3) is 0. The Morgan fingerprint density at radius 3 is 0.800 bits per heavy atom. The smallest absolute Gasteiger partial charge is 0 e. The van der Waals surface area contributed by atoms with Crippen LogP contribution >= 0.6 is 0 Å². The second-order valence-electron chi connectivity index (χ2n) is 2.31. The van der Waals surface area contributed by atoms with Gasteiger partial charge in [-0.3, -0.25) is 0 Å². The summed E-state index contributed by atoms with van der Waals surface area (Å²) in [7, 11) is 31.8.